The van der Waals surface area contributed by atoms with Crippen molar-refractivity contribution in [2.75, 3.05) is 50.2 Å². The summed E-state index contributed by atoms with van der Waals surface area (Å²) in [5.41, 5.74) is 1.32. The number of methoxy groups -OCH3 is 1. The molecule has 32 heavy (non-hydrogen) atoms. The van der Waals surface area contributed by atoms with Crippen LogP contribution in [0.2, 0.25) is 0 Å². The van der Waals surface area contributed by atoms with Gasteiger partial charge >= 0.3 is 11.6 Å². The van der Waals surface area contributed by atoms with E-state index in [2.05, 4.69) is 10.2 Å². The molecule has 0 unspecified atom stereocenters. The summed E-state index contributed by atoms with van der Waals surface area (Å²) in [6.45, 7) is 2.36. The van der Waals surface area contributed by atoms with E-state index in [4.69, 9.17) is 18.6 Å². The van der Waals surface area contributed by atoms with Crippen LogP contribution in [0, 0.1) is 0 Å². The standard InChI is InChI=1S/C23H22N2O7/c1-29-23(28)18-12-16(25-8-10-30-11-9-25)4-6-19(18)24-21(26)14-31-17-5-2-15-3-7-22(27)32-20(15)13-17/h2-7,12-13H,8-11,14H2,1H3,(H,24,26). The third kappa shape index (κ3) is 4.89. The predicted octanol–water partition coefficient (Wildman–Crippen LogP) is 2.43. The number of nitrogens with zero attached hydrogens (tertiary/aromatic N) is 1. The van der Waals surface area contributed by atoms with Crippen LogP contribution in [0.5, 0.6) is 5.75 Å². The maximum atomic E-state index is 12.5. The lowest BCUT2D eigenvalue weighted by atomic mass is 10.1. The first-order valence-electron chi connectivity index (χ1n) is 10.0. The van der Waals surface area contributed by atoms with E-state index in [-0.39, 0.29) is 12.2 Å². The number of fused-ring (bicyclic) bond motifs is 1. The first-order valence-corrected chi connectivity index (χ1v) is 10.0. The van der Waals surface area contributed by atoms with Crippen molar-refractivity contribution in [1.82, 2.24) is 0 Å². The zero-order valence-corrected chi connectivity index (χ0v) is 17.5. The average molecular weight is 438 g/mol. The van der Waals surface area contributed by atoms with Gasteiger partial charge < -0.3 is 28.8 Å². The minimum absolute atomic E-state index is 0.248. The molecule has 3 aromatic rings. The molecule has 0 saturated carbocycles. The molecule has 4 rings (SSSR count). The van der Waals surface area contributed by atoms with Crippen LogP contribution in [-0.2, 0) is 14.3 Å². The van der Waals surface area contributed by atoms with Crippen LogP contribution in [0.25, 0.3) is 11.0 Å². The highest BCUT2D eigenvalue weighted by atomic mass is 16.5. The number of morpholine rings is 1. The molecule has 0 radical (unpaired) electrons. The fourth-order valence-corrected chi connectivity index (χ4v) is 3.40. The molecular formula is C23H22N2O7. The molecule has 1 saturated heterocycles. The smallest absolute Gasteiger partial charge is 0.340 e. The summed E-state index contributed by atoms with van der Waals surface area (Å²) in [5.74, 6) is -0.636. The van der Waals surface area contributed by atoms with Gasteiger partial charge in [0.05, 0.1) is 31.6 Å². The Labute approximate surface area is 183 Å². The zero-order chi connectivity index (χ0) is 22.5. The Morgan fingerprint density at radius 1 is 1.06 bits per heavy atom. The minimum Gasteiger partial charge on any atom is -0.484 e. The SMILES string of the molecule is COC(=O)c1cc(N2CCOCC2)ccc1NC(=O)COc1ccc2ccc(=O)oc2c1. The van der Waals surface area contributed by atoms with Crippen molar-refractivity contribution in [3.8, 4) is 5.75 Å². The van der Waals surface area contributed by atoms with E-state index in [1.54, 1.807) is 36.4 Å². The molecule has 166 valence electrons. The Hall–Kier alpha value is -3.85. The molecule has 9 nitrogen and oxygen atoms in total. The highest BCUT2D eigenvalue weighted by molar-refractivity contribution is 6.02. The molecule has 1 aliphatic heterocycles. The van der Waals surface area contributed by atoms with Crippen LogP contribution in [0.15, 0.2) is 57.7 Å². The Balaban J connectivity index is 1.46. The maximum absolute atomic E-state index is 12.5. The van der Waals surface area contributed by atoms with Crippen molar-refractivity contribution in [1.29, 1.82) is 0 Å². The first-order chi connectivity index (χ1) is 15.5. The summed E-state index contributed by atoms with van der Waals surface area (Å²) in [6.07, 6.45) is 0. The minimum atomic E-state index is -0.555. The summed E-state index contributed by atoms with van der Waals surface area (Å²) in [7, 11) is 1.29. The van der Waals surface area contributed by atoms with Crippen molar-refractivity contribution in [3.05, 3.63) is 64.5 Å². The van der Waals surface area contributed by atoms with Gasteiger partial charge in [-0.05, 0) is 36.4 Å². The van der Waals surface area contributed by atoms with E-state index in [1.165, 1.54) is 13.2 Å². The van der Waals surface area contributed by atoms with Gasteiger partial charge in [0.2, 0.25) is 0 Å². The number of amides is 1. The van der Waals surface area contributed by atoms with Crippen LogP contribution >= 0.6 is 0 Å². The van der Waals surface area contributed by atoms with Gasteiger partial charge in [-0.2, -0.15) is 0 Å². The molecule has 2 heterocycles. The molecule has 9 heteroatoms. The van der Waals surface area contributed by atoms with E-state index < -0.39 is 17.5 Å². The number of esters is 1. The Kier molecular flexibility index (Phi) is 6.37. The van der Waals surface area contributed by atoms with Gasteiger partial charge in [0.25, 0.3) is 5.91 Å². The highest BCUT2D eigenvalue weighted by Gasteiger charge is 2.18. The molecule has 1 amide bonds. The molecular weight excluding hydrogens is 416 g/mol. The molecule has 1 aliphatic rings. The number of carbonyl (C=O) groups is 2. The summed E-state index contributed by atoms with van der Waals surface area (Å²) in [6, 6.07) is 13.1. The van der Waals surface area contributed by atoms with E-state index in [9.17, 15) is 14.4 Å². The molecule has 1 aromatic heterocycles. The van der Waals surface area contributed by atoms with Gasteiger partial charge in [-0.3, -0.25) is 4.79 Å². The number of ether oxygens (including phenoxy) is 3. The molecule has 1 fully saturated rings. The van der Waals surface area contributed by atoms with Crippen molar-refractivity contribution >= 4 is 34.2 Å². The fraction of sp³-hybridized carbons (Fsp3) is 0.261. The summed E-state index contributed by atoms with van der Waals surface area (Å²) < 4.78 is 20.9. The Bertz CT molecular complexity index is 1200. The molecule has 0 bridgehead atoms. The second kappa shape index (κ2) is 9.52. The Morgan fingerprint density at radius 3 is 2.62 bits per heavy atom. The summed E-state index contributed by atoms with van der Waals surface area (Å²) >= 11 is 0. The molecule has 0 atom stereocenters. The van der Waals surface area contributed by atoms with Crippen molar-refractivity contribution in [3.63, 3.8) is 0 Å². The van der Waals surface area contributed by atoms with Crippen LogP contribution in [0.1, 0.15) is 10.4 Å². The lowest BCUT2D eigenvalue weighted by Crippen LogP contribution is -2.36. The molecule has 1 N–H and O–H groups in total. The van der Waals surface area contributed by atoms with Gasteiger partial charge in [0, 0.05) is 36.3 Å². The summed E-state index contributed by atoms with van der Waals surface area (Å²) in [4.78, 5) is 38.2. The lowest BCUT2D eigenvalue weighted by molar-refractivity contribution is -0.118. The fourth-order valence-electron chi connectivity index (χ4n) is 3.40. The monoisotopic (exact) mass is 438 g/mol. The van der Waals surface area contributed by atoms with Gasteiger partial charge in [-0.1, -0.05) is 0 Å². The quantitative estimate of drug-likeness (QED) is 0.462. The third-order valence-corrected chi connectivity index (χ3v) is 5.02. The van der Waals surface area contributed by atoms with E-state index in [0.29, 0.717) is 43.3 Å². The normalized spacial score (nSPS) is 13.6. The van der Waals surface area contributed by atoms with E-state index in [1.807, 2.05) is 6.07 Å². The van der Waals surface area contributed by atoms with Gasteiger partial charge in [-0.25, -0.2) is 9.59 Å². The van der Waals surface area contributed by atoms with E-state index in [0.717, 1.165) is 11.1 Å². The highest BCUT2D eigenvalue weighted by Crippen LogP contribution is 2.25. The number of carbonyl (C=O) groups excluding carboxylic acids is 2. The van der Waals surface area contributed by atoms with Gasteiger partial charge in [-0.15, -0.1) is 0 Å². The second-order valence-corrected chi connectivity index (χ2v) is 7.11. The largest absolute Gasteiger partial charge is 0.484 e. The molecule has 2 aromatic carbocycles. The number of benzene rings is 2. The van der Waals surface area contributed by atoms with E-state index >= 15 is 0 Å². The number of rotatable bonds is 6. The van der Waals surface area contributed by atoms with Gasteiger partial charge in [0.15, 0.2) is 6.61 Å². The number of hydrogen-bond donors (Lipinski definition) is 1. The predicted molar refractivity (Wildman–Crippen MR) is 117 cm³/mol. The lowest BCUT2D eigenvalue weighted by Gasteiger charge is -2.29. The molecule has 0 spiro atoms. The maximum Gasteiger partial charge on any atom is 0.340 e. The van der Waals surface area contributed by atoms with Crippen LogP contribution < -0.4 is 20.6 Å². The van der Waals surface area contributed by atoms with Crippen molar-refractivity contribution < 1.29 is 28.2 Å². The third-order valence-electron chi connectivity index (χ3n) is 5.02. The van der Waals surface area contributed by atoms with Gasteiger partial charge in [0.1, 0.15) is 11.3 Å². The van der Waals surface area contributed by atoms with Crippen molar-refractivity contribution in [2.45, 2.75) is 0 Å². The van der Waals surface area contributed by atoms with Crippen LogP contribution in [0.3, 0.4) is 0 Å². The van der Waals surface area contributed by atoms with Crippen LogP contribution in [0.4, 0.5) is 11.4 Å². The number of anilines is 2. The second-order valence-electron chi connectivity index (χ2n) is 7.11. The first kappa shape index (κ1) is 21.4. The Morgan fingerprint density at radius 2 is 1.84 bits per heavy atom. The topological polar surface area (TPSA) is 107 Å². The van der Waals surface area contributed by atoms with Crippen LogP contribution in [-0.4, -0.2) is 51.9 Å². The average Bonchev–Trinajstić information content (AvgIpc) is 2.82. The molecule has 0 aliphatic carbocycles. The zero-order valence-electron chi connectivity index (χ0n) is 17.5. The summed E-state index contributed by atoms with van der Waals surface area (Å²) in [5, 5.41) is 3.43. The van der Waals surface area contributed by atoms with Crippen molar-refractivity contribution in [2.24, 2.45) is 0 Å². The number of nitrogens with one attached hydrogen (secondary N) is 1. The number of hydrogen-bond acceptors (Lipinski definition) is 8.